The van der Waals surface area contributed by atoms with Crippen LogP contribution >= 0.6 is 11.6 Å². The van der Waals surface area contributed by atoms with Gasteiger partial charge < -0.3 is 9.47 Å². The highest BCUT2D eigenvalue weighted by Crippen LogP contribution is 2.43. The second-order valence-electron chi connectivity index (χ2n) is 7.09. The van der Waals surface area contributed by atoms with Crippen LogP contribution in [-0.2, 0) is 6.54 Å². The van der Waals surface area contributed by atoms with E-state index in [1.54, 1.807) is 0 Å². The van der Waals surface area contributed by atoms with E-state index in [4.69, 9.17) is 21.1 Å². The number of carbonyl (C=O) groups is 1. The van der Waals surface area contributed by atoms with Crippen LogP contribution in [0.4, 0.5) is 25.0 Å². The summed E-state index contributed by atoms with van der Waals surface area (Å²) in [6.07, 6.45) is 3.26. The Morgan fingerprint density at radius 1 is 1.23 bits per heavy atom. The molecule has 2 aromatic rings. The topological polar surface area (TPSA) is 78.7 Å². The molecular formula is C20H17ClF2N4O3. The third-order valence-corrected chi connectivity index (χ3v) is 5.50. The predicted octanol–water partition coefficient (Wildman–Crippen LogP) is 4.26. The average molecular weight is 435 g/mol. The second kappa shape index (κ2) is 7.61. The van der Waals surface area contributed by atoms with E-state index in [0.29, 0.717) is 17.8 Å². The summed E-state index contributed by atoms with van der Waals surface area (Å²) in [5.74, 6) is -2.33. The summed E-state index contributed by atoms with van der Waals surface area (Å²) in [4.78, 5) is 19.7. The zero-order valence-corrected chi connectivity index (χ0v) is 17.0. The summed E-state index contributed by atoms with van der Waals surface area (Å²) in [5, 5.41) is 9.53. The first-order valence-corrected chi connectivity index (χ1v) is 9.55. The first kappa shape index (κ1) is 20.2. The fourth-order valence-electron chi connectivity index (χ4n) is 3.53. The summed E-state index contributed by atoms with van der Waals surface area (Å²) in [6.45, 7) is 0.111. The number of urea groups is 1. The van der Waals surface area contributed by atoms with Gasteiger partial charge in [-0.05, 0) is 18.8 Å². The number of fused-ring (bicyclic) bond motifs is 1. The largest absolute Gasteiger partial charge is 0.493 e. The quantitative estimate of drug-likeness (QED) is 0.657. The normalized spacial score (nSPS) is 15.7. The molecule has 1 aliphatic heterocycles. The van der Waals surface area contributed by atoms with Crippen molar-refractivity contribution in [2.75, 3.05) is 30.6 Å². The molecule has 2 aliphatic rings. The molecule has 1 aromatic heterocycles. The van der Waals surface area contributed by atoms with Gasteiger partial charge in [-0.2, -0.15) is 5.26 Å². The lowest BCUT2D eigenvalue weighted by Crippen LogP contribution is -2.49. The van der Waals surface area contributed by atoms with E-state index in [-0.39, 0.29) is 34.7 Å². The smallest absolute Gasteiger partial charge is 0.329 e. The van der Waals surface area contributed by atoms with Gasteiger partial charge in [0.15, 0.2) is 23.1 Å². The minimum absolute atomic E-state index is 0.0290. The molecule has 0 saturated heterocycles. The van der Waals surface area contributed by atoms with Gasteiger partial charge >= 0.3 is 6.03 Å². The third-order valence-electron chi connectivity index (χ3n) is 5.21. The van der Waals surface area contributed by atoms with Gasteiger partial charge in [-0.3, -0.25) is 9.80 Å². The number of aromatic nitrogens is 1. The molecule has 0 atom stereocenters. The van der Waals surface area contributed by atoms with Crippen molar-refractivity contribution in [3.8, 4) is 17.6 Å². The van der Waals surface area contributed by atoms with Crippen LogP contribution in [-0.4, -0.2) is 31.8 Å². The van der Waals surface area contributed by atoms with E-state index in [0.717, 1.165) is 23.8 Å². The number of anilines is 2. The fourth-order valence-corrected chi connectivity index (χ4v) is 3.71. The first-order valence-electron chi connectivity index (χ1n) is 9.17. The number of hydrogen-bond acceptors (Lipinski definition) is 5. The number of methoxy groups -OCH3 is 2. The highest BCUT2D eigenvalue weighted by Gasteiger charge is 2.40. The molecule has 2 heterocycles. The maximum absolute atomic E-state index is 15.1. The van der Waals surface area contributed by atoms with Crippen LogP contribution in [0.15, 0.2) is 12.3 Å². The number of halogens is 3. The first-order chi connectivity index (χ1) is 14.4. The van der Waals surface area contributed by atoms with Crippen LogP contribution in [0, 0.1) is 28.9 Å². The number of ether oxygens (including phenoxy) is 2. The van der Waals surface area contributed by atoms with Crippen LogP contribution in [0.1, 0.15) is 24.0 Å². The molecule has 1 aromatic carbocycles. The Bertz CT molecular complexity index is 1060. The predicted molar refractivity (Wildman–Crippen MR) is 105 cm³/mol. The molecular weight excluding hydrogens is 418 g/mol. The molecule has 0 bridgehead atoms. The zero-order chi connectivity index (χ0) is 21.6. The van der Waals surface area contributed by atoms with Crippen molar-refractivity contribution in [2.45, 2.75) is 19.4 Å². The molecule has 156 valence electrons. The molecule has 4 rings (SSSR count). The van der Waals surface area contributed by atoms with Gasteiger partial charge in [-0.1, -0.05) is 11.6 Å². The number of hydrogen-bond donors (Lipinski definition) is 0. The molecule has 0 N–H and O–H groups in total. The van der Waals surface area contributed by atoms with Gasteiger partial charge in [0, 0.05) is 24.4 Å². The molecule has 1 saturated carbocycles. The van der Waals surface area contributed by atoms with Crippen LogP contribution < -0.4 is 19.3 Å². The Kier molecular flexibility index (Phi) is 5.12. The van der Waals surface area contributed by atoms with Gasteiger partial charge in [0.2, 0.25) is 0 Å². The lowest BCUT2D eigenvalue weighted by atomic mass is 10.1. The van der Waals surface area contributed by atoms with E-state index in [1.807, 2.05) is 6.07 Å². The molecule has 1 aliphatic carbocycles. The third kappa shape index (κ3) is 3.17. The molecule has 0 radical (unpaired) electrons. The van der Waals surface area contributed by atoms with Gasteiger partial charge in [0.05, 0.1) is 26.5 Å². The van der Waals surface area contributed by atoms with E-state index in [1.165, 1.54) is 25.3 Å². The lowest BCUT2D eigenvalue weighted by Gasteiger charge is -2.38. The van der Waals surface area contributed by atoms with Gasteiger partial charge in [0.25, 0.3) is 0 Å². The number of carbonyl (C=O) groups excluding carboxylic acids is 1. The van der Waals surface area contributed by atoms with Crippen molar-refractivity contribution in [3.63, 3.8) is 0 Å². The molecule has 30 heavy (non-hydrogen) atoms. The highest BCUT2D eigenvalue weighted by molar-refractivity contribution is 6.31. The van der Waals surface area contributed by atoms with Crippen molar-refractivity contribution in [1.82, 2.24) is 4.98 Å². The standard InChI is InChI=1S/C20H17ClF2N4O3/c1-29-13-5-14(30-2)16(23)18(15(13)22)27-9-11-7-25-19(21)12(6-24)17(11)26(20(27)28)8-10-3-4-10/h5,7,10H,3-4,8-9H2,1-2H3. The summed E-state index contributed by atoms with van der Waals surface area (Å²) in [7, 11) is 2.47. The summed E-state index contributed by atoms with van der Waals surface area (Å²) < 4.78 is 40.1. The number of amides is 2. The van der Waals surface area contributed by atoms with Gasteiger partial charge in [0.1, 0.15) is 22.5 Å². The maximum Gasteiger partial charge on any atom is 0.329 e. The number of nitriles is 1. The Balaban J connectivity index is 1.90. The Hall–Kier alpha value is -3.12. The van der Waals surface area contributed by atoms with Crippen molar-refractivity contribution < 1.29 is 23.0 Å². The Morgan fingerprint density at radius 3 is 2.40 bits per heavy atom. The minimum atomic E-state index is -1.03. The van der Waals surface area contributed by atoms with Crippen molar-refractivity contribution in [1.29, 1.82) is 5.26 Å². The molecule has 7 nitrogen and oxygen atoms in total. The van der Waals surface area contributed by atoms with E-state index >= 15 is 8.78 Å². The summed E-state index contributed by atoms with van der Waals surface area (Å²) >= 11 is 6.07. The maximum atomic E-state index is 15.1. The lowest BCUT2D eigenvalue weighted by molar-refractivity contribution is 0.249. The van der Waals surface area contributed by atoms with Crippen LogP contribution in [0.25, 0.3) is 0 Å². The number of benzene rings is 1. The van der Waals surface area contributed by atoms with E-state index in [2.05, 4.69) is 4.98 Å². The van der Waals surface area contributed by atoms with E-state index < -0.39 is 23.4 Å². The molecule has 0 spiro atoms. The monoisotopic (exact) mass is 434 g/mol. The van der Waals surface area contributed by atoms with Crippen molar-refractivity contribution in [3.05, 3.63) is 40.2 Å². The fraction of sp³-hybridized carbons (Fsp3) is 0.350. The SMILES string of the molecule is COc1cc(OC)c(F)c(N2Cc3cnc(Cl)c(C#N)c3N(CC3CC3)C2=O)c1F. The minimum Gasteiger partial charge on any atom is -0.493 e. The summed E-state index contributed by atoms with van der Waals surface area (Å²) in [6, 6.07) is 2.40. The zero-order valence-electron chi connectivity index (χ0n) is 16.2. The van der Waals surface area contributed by atoms with Gasteiger partial charge in [-0.25, -0.2) is 18.6 Å². The average Bonchev–Trinajstić information content (AvgIpc) is 3.55. The Labute approximate surface area is 176 Å². The van der Waals surface area contributed by atoms with Crippen LogP contribution in [0.2, 0.25) is 5.15 Å². The molecule has 1 fully saturated rings. The van der Waals surface area contributed by atoms with Crippen molar-refractivity contribution >= 4 is 29.0 Å². The number of rotatable bonds is 5. The van der Waals surface area contributed by atoms with Crippen LogP contribution in [0.3, 0.4) is 0 Å². The second-order valence-corrected chi connectivity index (χ2v) is 7.45. The number of pyridine rings is 1. The molecule has 0 unspecified atom stereocenters. The van der Waals surface area contributed by atoms with Crippen LogP contribution in [0.5, 0.6) is 11.5 Å². The summed E-state index contributed by atoms with van der Waals surface area (Å²) in [5.41, 5.74) is 0.265. The highest BCUT2D eigenvalue weighted by atomic mass is 35.5. The van der Waals surface area contributed by atoms with E-state index in [9.17, 15) is 10.1 Å². The Morgan fingerprint density at radius 2 is 1.87 bits per heavy atom. The number of nitrogens with zero attached hydrogens (tertiary/aromatic N) is 4. The molecule has 10 heteroatoms. The van der Waals surface area contributed by atoms with Gasteiger partial charge in [-0.15, -0.1) is 0 Å². The molecule has 2 amide bonds. The van der Waals surface area contributed by atoms with Crippen molar-refractivity contribution in [2.24, 2.45) is 5.92 Å².